The minimum Gasteiger partial charge on any atom is -0.340 e. The van der Waals surface area contributed by atoms with Gasteiger partial charge in [0.1, 0.15) is 0 Å². The molecule has 1 amide bonds. The predicted molar refractivity (Wildman–Crippen MR) is 48.4 cm³/mol. The number of amides is 1. The summed E-state index contributed by atoms with van der Waals surface area (Å²) < 4.78 is 0. The number of carbonyl (C=O) groups excluding carboxylic acids is 1. The average molecular weight is 165 g/mol. The number of rotatable bonds is 2. The number of hydrogen-bond donors (Lipinski definition) is 1. The molecule has 1 rings (SSSR count). The lowest BCUT2D eigenvalue weighted by Crippen LogP contribution is -2.46. The van der Waals surface area contributed by atoms with Crippen molar-refractivity contribution in [1.29, 1.82) is 0 Å². The van der Waals surface area contributed by atoms with Crippen LogP contribution in [0.2, 0.25) is 0 Å². The van der Waals surface area contributed by atoms with E-state index >= 15 is 0 Å². The van der Waals surface area contributed by atoms with Gasteiger partial charge in [0, 0.05) is 5.92 Å². The van der Waals surface area contributed by atoms with E-state index in [4.69, 9.17) is 6.42 Å². The van der Waals surface area contributed by atoms with Gasteiger partial charge in [0.2, 0.25) is 5.91 Å². The van der Waals surface area contributed by atoms with Crippen LogP contribution in [0.1, 0.15) is 33.1 Å². The van der Waals surface area contributed by atoms with Crippen molar-refractivity contribution in [2.24, 2.45) is 5.92 Å². The highest BCUT2D eigenvalue weighted by Gasteiger charge is 2.28. The van der Waals surface area contributed by atoms with Crippen LogP contribution < -0.4 is 5.32 Å². The summed E-state index contributed by atoms with van der Waals surface area (Å²) in [6.45, 7) is 3.67. The quantitative estimate of drug-likeness (QED) is 0.614. The maximum Gasteiger partial charge on any atom is 0.224 e. The second-order valence-electron chi connectivity index (χ2n) is 3.89. The van der Waals surface area contributed by atoms with Gasteiger partial charge in [-0.05, 0) is 26.7 Å². The van der Waals surface area contributed by atoms with Crippen LogP contribution in [0, 0.1) is 18.3 Å². The van der Waals surface area contributed by atoms with Crippen LogP contribution in [0.15, 0.2) is 0 Å². The van der Waals surface area contributed by atoms with E-state index in [0.29, 0.717) is 0 Å². The van der Waals surface area contributed by atoms with E-state index in [1.807, 2.05) is 13.8 Å². The van der Waals surface area contributed by atoms with Crippen LogP contribution in [0.25, 0.3) is 0 Å². The average Bonchev–Trinajstić information content (AvgIpc) is 1.82. The first kappa shape index (κ1) is 9.12. The number of hydrogen-bond acceptors (Lipinski definition) is 1. The van der Waals surface area contributed by atoms with Crippen molar-refractivity contribution in [1.82, 2.24) is 5.32 Å². The Labute approximate surface area is 73.7 Å². The summed E-state index contributed by atoms with van der Waals surface area (Å²) in [6.07, 6.45) is 8.47. The lowest BCUT2D eigenvalue weighted by Gasteiger charge is -2.28. The van der Waals surface area contributed by atoms with Crippen molar-refractivity contribution >= 4 is 5.91 Å². The second-order valence-corrected chi connectivity index (χ2v) is 3.89. The molecule has 1 saturated carbocycles. The molecular formula is C10H15NO. The molecule has 12 heavy (non-hydrogen) atoms. The maximum absolute atomic E-state index is 11.4. The zero-order valence-corrected chi connectivity index (χ0v) is 7.68. The van der Waals surface area contributed by atoms with Gasteiger partial charge < -0.3 is 5.32 Å². The number of nitrogens with one attached hydrogen (secondary N) is 1. The fraction of sp³-hybridized carbons (Fsp3) is 0.700. The maximum atomic E-state index is 11.4. The highest BCUT2D eigenvalue weighted by molar-refractivity contribution is 5.80. The number of terminal acetylenes is 1. The smallest absolute Gasteiger partial charge is 0.224 e. The van der Waals surface area contributed by atoms with E-state index in [-0.39, 0.29) is 11.8 Å². The summed E-state index contributed by atoms with van der Waals surface area (Å²) in [4.78, 5) is 11.4. The third-order valence-corrected chi connectivity index (χ3v) is 2.27. The fourth-order valence-corrected chi connectivity index (χ4v) is 1.12. The predicted octanol–water partition coefficient (Wildman–Crippen LogP) is 1.31. The molecule has 1 aliphatic carbocycles. The van der Waals surface area contributed by atoms with E-state index in [1.165, 1.54) is 6.42 Å². The largest absolute Gasteiger partial charge is 0.340 e. The van der Waals surface area contributed by atoms with Gasteiger partial charge in [-0.2, -0.15) is 0 Å². The van der Waals surface area contributed by atoms with Crippen LogP contribution in [0.4, 0.5) is 0 Å². The molecule has 0 aromatic carbocycles. The fourth-order valence-electron chi connectivity index (χ4n) is 1.12. The Balaban J connectivity index is 2.40. The first-order valence-corrected chi connectivity index (χ1v) is 4.35. The molecule has 0 aliphatic heterocycles. The Hall–Kier alpha value is -0.970. The zero-order valence-electron chi connectivity index (χ0n) is 7.68. The summed E-state index contributed by atoms with van der Waals surface area (Å²) >= 11 is 0. The van der Waals surface area contributed by atoms with Crippen molar-refractivity contribution in [3.63, 3.8) is 0 Å². The molecule has 1 fully saturated rings. The van der Waals surface area contributed by atoms with Gasteiger partial charge in [0.25, 0.3) is 0 Å². The molecule has 1 N–H and O–H groups in total. The Morgan fingerprint density at radius 3 is 2.50 bits per heavy atom. The molecule has 1 aliphatic rings. The molecule has 66 valence electrons. The van der Waals surface area contributed by atoms with Gasteiger partial charge in [0.15, 0.2) is 0 Å². The molecule has 0 heterocycles. The molecule has 2 heteroatoms. The van der Waals surface area contributed by atoms with Gasteiger partial charge in [-0.3, -0.25) is 4.79 Å². The molecule has 0 bridgehead atoms. The highest BCUT2D eigenvalue weighted by atomic mass is 16.2. The van der Waals surface area contributed by atoms with Gasteiger partial charge >= 0.3 is 0 Å². The third kappa shape index (κ3) is 2.01. The topological polar surface area (TPSA) is 29.1 Å². The minimum absolute atomic E-state index is 0.115. The molecule has 0 aromatic rings. The standard InChI is InChI=1S/C10H15NO/c1-4-10(2,3)11-9(12)8-6-5-7-8/h1,8H,5-7H2,2-3H3,(H,11,12). The summed E-state index contributed by atoms with van der Waals surface area (Å²) in [5.41, 5.74) is -0.493. The molecule has 0 aromatic heterocycles. The molecule has 2 nitrogen and oxygen atoms in total. The second kappa shape index (κ2) is 3.18. The van der Waals surface area contributed by atoms with E-state index in [9.17, 15) is 4.79 Å². The van der Waals surface area contributed by atoms with Gasteiger partial charge in [-0.25, -0.2) is 0 Å². The molecule has 0 spiro atoms. The monoisotopic (exact) mass is 165 g/mol. The summed E-state index contributed by atoms with van der Waals surface area (Å²) in [5.74, 6) is 2.88. The molecule has 0 saturated heterocycles. The first-order chi connectivity index (χ1) is 5.55. The van der Waals surface area contributed by atoms with Gasteiger partial charge in [-0.15, -0.1) is 6.42 Å². The molecule has 0 radical (unpaired) electrons. The van der Waals surface area contributed by atoms with Crippen molar-refractivity contribution < 1.29 is 4.79 Å². The van der Waals surface area contributed by atoms with Crippen LogP contribution in [0.5, 0.6) is 0 Å². The molecule has 0 atom stereocenters. The summed E-state index contributed by atoms with van der Waals surface area (Å²) in [5, 5.41) is 2.83. The van der Waals surface area contributed by atoms with E-state index < -0.39 is 5.54 Å². The third-order valence-electron chi connectivity index (χ3n) is 2.27. The first-order valence-electron chi connectivity index (χ1n) is 4.35. The Kier molecular flexibility index (Phi) is 2.42. The Morgan fingerprint density at radius 1 is 1.58 bits per heavy atom. The lowest BCUT2D eigenvalue weighted by molar-refractivity contribution is -0.128. The highest BCUT2D eigenvalue weighted by Crippen LogP contribution is 2.26. The summed E-state index contributed by atoms with van der Waals surface area (Å²) in [7, 11) is 0. The lowest BCUT2D eigenvalue weighted by atomic mass is 9.84. The Bertz CT molecular complexity index is 220. The van der Waals surface area contributed by atoms with Crippen molar-refractivity contribution in [2.45, 2.75) is 38.6 Å². The minimum atomic E-state index is -0.493. The van der Waals surface area contributed by atoms with E-state index in [0.717, 1.165) is 12.8 Å². The molecular weight excluding hydrogens is 150 g/mol. The van der Waals surface area contributed by atoms with Crippen molar-refractivity contribution in [3.8, 4) is 12.3 Å². The molecule has 0 unspecified atom stereocenters. The normalized spacial score (nSPS) is 17.8. The van der Waals surface area contributed by atoms with Crippen LogP contribution in [-0.4, -0.2) is 11.4 Å². The van der Waals surface area contributed by atoms with Crippen molar-refractivity contribution in [2.75, 3.05) is 0 Å². The van der Waals surface area contributed by atoms with Gasteiger partial charge in [0.05, 0.1) is 5.54 Å². The van der Waals surface area contributed by atoms with Crippen molar-refractivity contribution in [3.05, 3.63) is 0 Å². The zero-order chi connectivity index (χ0) is 9.19. The van der Waals surface area contributed by atoms with Crippen LogP contribution in [-0.2, 0) is 4.79 Å². The van der Waals surface area contributed by atoms with E-state index in [1.54, 1.807) is 0 Å². The van der Waals surface area contributed by atoms with Gasteiger partial charge in [-0.1, -0.05) is 12.3 Å². The van der Waals surface area contributed by atoms with Crippen LogP contribution in [0.3, 0.4) is 0 Å². The summed E-state index contributed by atoms with van der Waals surface area (Å²) in [6, 6.07) is 0. The van der Waals surface area contributed by atoms with Crippen LogP contribution >= 0.6 is 0 Å². The Morgan fingerprint density at radius 2 is 2.17 bits per heavy atom. The number of carbonyl (C=O) groups is 1. The SMILES string of the molecule is C#CC(C)(C)NC(=O)C1CCC1. The van der Waals surface area contributed by atoms with E-state index in [2.05, 4.69) is 11.2 Å².